The van der Waals surface area contributed by atoms with E-state index in [-0.39, 0.29) is 11.7 Å². The number of amides is 1. The molecule has 18 heavy (non-hydrogen) atoms. The fourth-order valence-electron chi connectivity index (χ4n) is 1.53. The van der Waals surface area contributed by atoms with Gasteiger partial charge in [-0.05, 0) is 29.8 Å². The molecule has 0 aliphatic rings. The van der Waals surface area contributed by atoms with Crippen molar-refractivity contribution in [1.82, 2.24) is 0 Å². The van der Waals surface area contributed by atoms with Gasteiger partial charge in [-0.3, -0.25) is 4.79 Å². The number of phenols is 1. The Morgan fingerprint density at radius 2 is 1.89 bits per heavy atom. The van der Waals surface area contributed by atoms with E-state index in [9.17, 15) is 9.90 Å². The molecule has 2 aromatic rings. The number of anilines is 1. The molecule has 2 rings (SSSR count). The Morgan fingerprint density at radius 1 is 1.17 bits per heavy atom. The van der Waals surface area contributed by atoms with Gasteiger partial charge in [0, 0.05) is 23.2 Å². The van der Waals surface area contributed by atoms with Gasteiger partial charge < -0.3 is 10.4 Å². The van der Waals surface area contributed by atoms with Crippen molar-refractivity contribution in [3.8, 4) is 5.75 Å². The number of benzene rings is 2. The van der Waals surface area contributed by atoms with Gasteiger partial charge in [-0.15, -0.1) is 11.6 Å². The van der Waals surface area contributed by atoms with Crippen LogP contribution in [0, 0.1) is 0 Å². The molecule has 2 aromatic carbocycles. The largest absolute Gasteiger partial charge is 0.508 e. The molecule has 0 aliphatic carbocycles. The van der Waals surface area contributed by atoms with Gasteiger partial charge in [0.2, 0.25) is 0 Å². The maximum Gasteiger partial charge on any atom is 0.255 e. The summed E-state index contributed by atoms with van der Waals surface area (Å²) in [6, 6.07) is 13.5. The van der Waals surface area contributed by atoms with Crippen LogP contribution < -0.4 is 5.32 Å². The Hall–Kier alpha value is -2.00. The number of hydrogen-bond donors (Lipinski definition) is 2. The molecular weight excluding hydrogens is 250 g/mol. The minimum Gasteiger partial charge on any atom is -0.508 e. The average Bonchev–Trinajstić information content (AvgIpc) is 2.39. The van der Waals surface area contributed by atoms with Crippen molar-refractivity contribution in [1.29, 1.82) is 0 Å². The number of alkyl halides is 1. The fraction of sp³-hybridized carbons (Fsp3) is 0.0714. The highest BCUT2D eigenvalue weighted by Crippen LogP contribution is 2.16. The maximum absolute atomic E-state index is 11.9. The first-order chi connectivity index (χ1) is 8.69. The normalized spacial score (nSPS) is 10.1. The van der Waals surface area contributed by atoms with Crippen LogP contribution in [0.3, 0.4) is 0 Å². The standard InChI is InChI=1S/C14H12ClNO2/c15-9-10-4-6-11(7-5-10)14(18)16-12-2-1-3-13(17)8-12/h1-8,17H,9H2,(H,16,18). The second-order valence-corrected chi connectivity index (χ2v) is 4.10. The van der Waals surface area contributed by atoms with Crippen LogP contribution in [-0.4, -0.2) is 11.0 Å². The van der Waals surface area contributed by atoms with Crippen LogP contribution in [0.25, 0.3) is 0 Å². The van der Waals surface area contributed by atoms with Crippen molar-refractivity contribution in [2.75, 3.05) is 5.32 Å². The van der Waals surface area contributed by atoms with E-state index in [4.69, 9.17) is 11.6 Å². The maximum atomic E-state index is 11.9. The summed E-state index contributed by atoms with van der Waals surface area (Å²) in [5, 5.41) is 12.0. The number of rotatable bonds is 3. The number of halogens is 1. The van der Waals surface area contributed by atoms with Gasteiger partial charge in [-0.2, -0.15) is 0 Å². The van der Waals surface area contributed by atoms with Crippen LogP contribution in [0.4, 0.5) is 5.69 Å². The van der Waals surface area contributed by atoms with Crippen molar-refractivity contribution >= 4 is 23.2 Å². The lowest BCUT2D eigenvalue weighted by atomic mass is 10.1. The average molecular weight is 262 g/mol. The Balaban J connectivity index is 2.11. The molecule has 0 radical (unpaired) electrons. The van der Waals surface area contributed by atoms with E-state index in [0.717, 1.165) is 5.56 Å². The number of hydrogen-bond acceptors (Lipinski definition) is 2. The van der Waals surface area contributed by atoms with Gasteiger partial charge in [0.25, 0.3) is 5.91 Å². The summed E-state index contributed by atoms with van der Waals surface area (Å²) in [6.07, 6.45) is 0. The van der Waals surface area contributed by atoms with Gasteiger partial charge in [0.1, 0.15) is 5.75 Å². The van der Waals surface area contributed by atoms with Gasteiger partial charge in [-0.25, -0.2) is 0 Å². The molecule has 4 heteroatoms. The van der Waals surface area contributed by atoms with E-state index in [1.165, 1.54) is 6.07 Å². The molecule has 92 valence electrons. The molecule has 0 aromatic heterocycles. The molecular formula is C14H12ClNO2. The minimum atomic E-state index is -0.221. The number of carbonyl (C=O) groups excluding carboxylic acids is 1. The smallest absolute Gasteiger partial charge is 0.255 e. The van der Waals surface area contributed by atoms with E-state index in [1.54, 1.807) is 30.3 Å². The van der Waals surface area contributed by atoms with Crippen LogP contribution in [0.15, 0.2) is 48.5 Å². The molecule has 0 saturated heterocycles. The van der Waals surface area contributed by atoms with Crippen molar-refractivity contribution in [3.05, 3.63) is 59.7 Å². The third-order valence-electron chi connectivity index (χ3n) is 2.47. The van der Waals surface area contributed by atoms with Crippen molar-refractivity contribution in [3.63, 3.8) is 0 Å². The van der Waals surface area contributed by atoms with Gasteiger partial charge >= 0.3 is 0 Å². The molecule has 0 heterocycles. The lowest BCUT2D eigenvalue weighted by Crippen LogP contribution is -2.11. The molecule has 3 nitrogen and oxygen atoms in total. The van der Waals surface area contributed by atoms with Crippen molar-refractivity contribution in [2.45, 2.75) is 5.88 Å². The van der Waals surface area contributed by atoms with Crippen LogP contribution >= 0.6 is 11.6 Å². The van der Waals surface area contributed by atoms with Crippen LogP contribution in [0.1, 0.15) is 15.9 Å². The fourth-order valence-corrected chi connectivity index (χ4v) is 1.71. The van der Waals surface area contributed by atoms with Gasteiger partial charge in [0.05, 0.1) is 0 Å². The highest BCUT2D eigenvalue weighted by Gasteiger charge is 2.06. The van der Waals surface area contributed by atoms with Gasteiger partial charge in [0.15, 0.2) is 0 Å². The SMILES string of the molecule is O=C(Nc1cccc(O)c1)c1ccc(CCl)cc1. The summed E-state index contributed by atoms with van der Waals surface area (Å²) in [5.74, 6) is 0.320. The predicted octanol–water partition coefficient (Wildman–Crippen LogP) is 3.38. The Bertz CT molecular complexity index is 552. The highest BCUT2D eigenvalue weighted by atomic mass is 35.5. The van der Waals surface area contributed by atoms with E-state index in [1.807, 2.05) is 12.1 Å². The van der Waals surface area contributed by atoms with Crippen molar-refractivity contribution < 1.29 is 9.90 Å². The minimum absolute atomic E-state index is 0.116. The van der Waals surface area contributed by atoms with Crippen molar-refractivity contribution in [2.24, 2.45) is 0 Å². The first kappa shape index (κ1) is 12.5. The van der Waals surface area contributed by atoms with Gasteiger partial charge in [-0.1, -0.05) is 18.2 Å². The molecule has 0 unspecified atom stereocenters. The zero-order valence-electron chi connectivity index (χ0n) is 9.56. The van der Waals surface area contributed by atoms with E-state index in [0.29, 0.717) is 17.1 Å². The van der Waals surface area contributed by atoms with E-state index < -0.39 is 0 Å². The first-order valence-corrected chi connectivity index (χ1v) is 5.98. The number of aromatic hydroxyl groups is 1. The second-order valence-electron chi connectivity index (χ2n) is 3.84. The first-order valence-electron chi connectivity index (χ1n) is 5.44. The summed E-state index contributed by atoms with van der Waals surface area (Å²) in [7, 11) is 0. The number of phenolic OH excluding ortho intramolecular Hbond substituents is 1. The van der Waals surface area contributed by atoms with E-state index in [2.05, 4.69) is 5.32 Å². The molecule has 1 amide bonds. The predicted molar refractivity (Wildman–Crippen MR) is 72.1 cm³/mol. The summed E-state index contributed by atoms with van der Waals surface area (Å²) in [6.45, 7) is 0. The summed E-state index contributed by atoms with van der Waals surface area (Å²) in [5.41, 5.74) is 2.07. The molecule has 0 aliphatic heterocycles. The topological polar surface area (TPSA) is 49.3 Å². The summed E-state index contributed by atoms with van der Waals surface area (Å²) >= 11 is 5.68. The van der Waals surface area contributed by atoms with Crippen LogP contribution in [0.5, 0.6) is 5.75 Å². The Morgan fingerprint density at radius 3 is 2.50 bits per heavy atom. The lowest BCUT2D eigenvalue weighted by molar-refractivity contribution is 0.102. The monoisotopic (exact) mass is 261 g/mol. The second kappa shape index (κ2) is 5.56. The number of nitrogens with one attached hydrogen (secondary N) is 1. The summed E-state index contributed by atoms with van der Waals surface area (Å²) in [4.78, 5) is 11.9. The molecule has 0 saturated carbocycles. The van der Waals surface area contributed by atoms with Crippen LogP contribution in [0.2, 0.25) is 0 Å². The molecule has 2 N–H and O–H groups in total. The molecule has 0 bridgehead atoms. The van der Waals surface area contributed by atoms with Crippen LogP contribution in [-0.2, 0) is 5.88 Å². The zero-order valence-corrected chi connectivity index (χ0v) is 10.3. The third kappa shape index (κ3) is 3.02. The third-order valence-corrected chi connectivity index (χ3v) is 2.78. The highest BCUT2D eigenvalue weighted by molar-refractivity contribution is 6.17. The van der Waals surface area contributed by atoms with E-state index >= 15 is 0 Å². The summed E-state index contributed by atoms with van der Waals surface area (Å²) < 4.78 is 0. The lowest BCUT2D eigenvalue weighted by Gasteiger charge is -2.06. The quantitative estimate of drug-likeness (QED) is 0.832. The number of carbonyl (C=O) groups is 1. The molecule has 0 spiro atoms. The molecule has 0 fully saturated rings. The zero-order chi connectivity index (χ0) is 13.0. The molecule has 0 atom stereocenters. The Kier molecular flexibility index (Phi) is 3.85. The Labute approximate surface area is 110 Å².